The molecule has 2 aromatic heterocycles. The normalized spacial score (nSPS) is 11.9. The minimum absolute atomic E-state index is 0.268. The Bertz CT molecular complexity index is 1280. The van der Waals surface area contributed by atoms with Crippen LogP contribution in [0.4, 0.5) is 0 Å². The summed E-state index contributed by atoms with van der Waals surface area (Å²) in [6.45, 7) is 3.93. The third kappa shape index (κ3) is 2.81. The second-order valence-corrected chi connectivity index (χ2v) is 8.81. The minimum atomic E-state index is -3.70. The first-order valence-electron chi connectivity index (χ1n) is 8.96. The van der Waals surface area contributed by atoms with Crippen LogP contribution in [0.25, 0.3) is 22.2 Å². The van der Waals surface area contributed by atoms with E-state index in [4.69, 9.17) is 4.74 Å². The van der Waals surface area contributed by atoms with E-state index in [-0.39, 0.29) is 4.90 Å². The van der Waals surface area contributed by atoms with Crippen LogP contribution in [0.1, 0.15) is 11.1 Å². The van der Waals surface area contributed by atoms with E-state index >= 15 is 0 Å². The Morgan fingerprint density at radius 1 is 1.00 bits per heavy atom. The summed E-state index contributed by atoms with van der Waals surface area (Å²) in [6.07, 6.45) is 3.55. The lowest BCUT2D eigenvalue weighted by Gasteiger charge is -2.11. The summed E-state index contributed by atoms with van der Waals surface area (Å²) in [5.41, 5.74) is 4.54. The van der Waals surface area contributed by atoms with Gasteiger partial charge < -0.3 is 9.30 Å². The first-order valence-corrected chi connectivity index (χ1v) is 10.4. The summed E-state index contributed by atoms with van der Waals surface area (Å²) >= 11 is 0. The van der Waals surface area contributed by atoms with E-state index in [0.29, 0.717) is 5.69 Å². The number of methoxy groups -OCH3 is 1. The fraction of sp³-hybridized carbons (Fsp3) is 0.182. The van der Waals surface area contributed by atoms with Gasteiger partial charge in [-0.2, -0.15) is 0 Å². The van der Waals surface area contributed by atoms with Crippen LogP contribution >= 0.6 is 0 Å². The van der Waals surface area contributed by atoms with Crippen molar-refractivity contribution in [3.05, 3.63) is 72.1 Å². The highest BCUT2D eigenvalue weighted by atomic mass is 32.2. The van der Waals surface area contributed by atoms with Crippen LogP contribution in [0.2, 0.25) is 0 Å². The van der Waals surface area contributed by atoms with Crippen LogP contribution in [-0.4, -0.2) is 24.1 Å². The molecule has 0 saturated heterocycles. The van der Waals surface area contributed by atoms with Gasteiger partial charge >= 0.3 is 0 Å². The standard InChI is InChI=1S/C22H22N2O3S/c1-15-7-9-17(10-8-15)28(25,26)24-11-5-6-20(24)19-14-23(3)21-12-16(2)22(27-4)13-18(19)21/h5-14H,1-4H3. The molecule has 2 heterocycles. The Morgan fingerprint density at radius 3 is 2.39 bits per heavy atom. The van der Waals surface area contributed by atoms with Crippen molar-refractivity contribution in [2.45, 2.75) is 18.7 Å². The van der Waals surface area contributed by atoms with Crippen molar-refractivity contribution in [1.82, 2.24) is 8.54 Å². The van der Waals surface area contributed by atoms with E-state index in [9.17, 15) is 8.42 Å². The van der Waals surface area contributed by atoms with Gasteiger partial charge in [0.2, 0.25) is 0 Å². The fourth-order valence-electron chi connectivity index (χ4n) is 3.55. The Balaban J connectivity index is 1.94. The van der Waals surface area contributed by atoms with Gasteiger partial charge in [-0.1, -0.05) is 17.7 Å². The minimum Gasteiger partial charge on any atom is -0.496 e. The van der Waals surface area contributed by atoms with Crippen molar-refractivity contribution in [1.29, 1.82) is 0 Å². The fourth-order valence-corrected chi connectivity index (χ4v) is 4.90. The zero-order valence-electron chi connectivity index (χ0n) is 16.3. The molecule has 0 aliphatic carbocycles. The number of benzene rings is 2. The first-order chi connectivity index (χ1) is 13.3. The van der Waals surface area contributed by atoms with Gasteiger partial charge in [-0.15, -0.1) is 0 Å². The number of fused-ring (bicyclic) bond motifs is 1. The van der Waals surface area contributed by atoms with Crippen LogP contribution in [0, 0.1) is 13.8 Å². The van der Waals surface area contributed by atoms with Gasteiger partial charge in [-0.05, 0) is 55.8 Å². The van der Waals surface area contributed by atoms with Crippen molar-refractivity contribution in [2.24, 2.45) is 7.05 Å². The SMILES string of the molecule is COc1cc2c(-c3cccn3S(=O)(=O)c3ccc(C)cc3)cn(C)c2cc1C. The van der Waals surface area contributed by atoms with Gasteiger partial charge in [0, 0.05) is 35.9 Å². The molecular weight excluding hydrogens is 372 g/mol. The highest BCUT2D eigenvalue weighted by molar-refractivity contribution is 7.90. The summed E-state index contributed by atoms with van der Waals surface area (Å²) in [5.74, 6) is 0.777. The molecule has 0 unspecified atom stereocenters. The highest BCUT2D eigenvalue weighted by Crippen LogP contribution is 2.36. The van der Waals surface area contributed by atoms with E-state index in [1.54, 1.807) is 31.5 Å². The van der Waals surface area contributed by atoms with Gasteiger partial charge in [0.15, 0.2) is 0 Å². The molecule has 0 bridgehead atoms. The lowest BCUT2D eigenvalue weighted by molar-refractivity contribution is 0.412. The lowest BCUT2D eigenvalue weighted by atomic mass is 10.1. The molecule has 0 aliphatic rings. The number of hydrogen-bond donors (Lipinski definition) is 0. The van der Waals surface area contributed by atoms with Crippen molar-refractivity contribution < 1.29 is 13.2 Å². The third-order valence-corrected chi connectivity index (χ3v) is 6.78. The second kappa shape index (κ2) is 6.56. The number of aryl methyl sites for hydroxylation is 3. The van der Waals surface area contributed by atoms with Crippen molar-refractivity contribution in [2.75, 3.05) is 7.11 Å². The molecule has 0 radical (unpaired) electrons. The van der Waals surface area contributed by atoms with Gasteiger partial charge in [0.05, 0.1) is 17.7 Å². The van der Waals surface area contributed by atoms with E-state index in [2.05, 4.69) is 6.07 Å². The monoisotopic (exact) mass is 394 g/mol. The Hall–Kier alpha value is -2.99. The first kappa shape index (κ1) is 18.4. The van der Waals surface area contributed by atoms with Crippen LogP contribution in [0.15, 0.2) is 65.8 Å². The molecule has 5 nitrogen and oxygen atoms in total. The van der Waals surface area contributed by atoms with Crippen molar-refractivity contribution >= 4 is 20.9 Å². The average molecular weight is 394 g/mol. The molecule has 0 saturated carbocycles. The molecule has 0 spiro atoms. The molecule has 6 heteroatoms. The van der Waals surface area contributed by atoms with Crippen LogP contribution in [0.3, 0.4) is 0 Å². The molecule has 0 aliphatic heterocycles. The molecule has 0 fully saturated rings. The molecule has 0 N–H and O–H groups in total. The van der Waals surface area contributed by atoms with Crippen LogP contribution < -0.4 is 4.74 Å². The molecule has 28 heavy (non-hydrogen) atoms. The smallest absolute Gasteiger partial charge is 0.268 e. The van der Waals surface area contributed by atoms with E-state index in [1.807, 2.05) is 55.9 Å². The largest absolute Gasteiger partial charge is 0.496 e. The predicted octanol–water partition coefficient (Wildman–Crippen LogP) is 4.51. The van der Waals surface area contributed by atoms with E-state index < -0.39 is 10.0 Å². The van der Waals surface area contributed by atoms with Gasteiger partial charge in [0.25, 0.3) is 10.0 Å². The van der Waals surface area contributed by atoms with Gasteiger partial charge in [-0.3, -0.25) is 0 Å². The maximum atomic E-state index is 13.3. The third-order valence-electron chi connectivity index (χ3n) is 5.07. The quantitative estimate of drug-likeness (QED) is 0.512. The molecule has 4 rings (SSSR count). The molecular formula is C22H22N2O3S. The number of aromatic nitrogens is 2. The van der Waals surface area contributed by atoms with E-state index in [0.717, 1.165) is 33.3 Å². The lowest BCUT2D eigenvalue weighted by Crippen LogP contribution is -2.13. The molecule has 0 amide bonds. The molecule has 2 aromatic carbocycles. The Morgan fingerprint density at radius 2 is 1.71 bits per heavy atom. The Labute approximate surface area is 164 Å². The average Bonchev–Trinajstić information content (AvgIpc) is 3.27. The zero-order valence-corrected chi connectivity index (χ0v) is 17.1. The van der Waals surface area contributed by atoms with Crippen molar-refractivity contribution in [3.8, 4) is 17.0 Å². The second-order valence-electron chi connectivity index (χ2n) is 7.00. The maximum absolute atomic E-state index is 13.3. The number of hydrogen-bond acceptors (Lipinski definition) is 3. The summed E-state index contributed by atoms with van der Waals surface area (Å²) in [4.78, 5) is 0.268. The Kier molecular flexibility index (Phi) is 4.31. The van der Waals surface area contributed by atoms with Crippen LogP contribution in [0.5, 0.6) is 5.75 Å². The zero-order chi connectivity index (χ0) is 20.1. The summed E-state index contributed by atoms with van der Waals surface area (Å²) in [7, 11) is -0.100. The number of rotatable bonds is 4. The topological polar surface area (TPSA) is 53.2 Å². The summed E-state index contributed by atoms with van der Waals surface area (Å²) in [5, 5.41) is 0.948. The van der Waals surface area contributed by atoms with E-state index in [1.165, 1.54) is 3.97 Å². The van der Waals surface area contributed by atoms with Gasteiger partial charge in [-0.25, -0.2) is 12.4 Å². The van der Waals surface area contributed by atoms with Crippen molar-refractivity contribution in [3.63, 3.8) is 0 Å². The maximum Gasteiger partial charge on any atom is 0.268 e. The van der Waals surface area contributed by atoms with Gasteiger partial charge in [0.1, 0.15) is 5.75 Å². The number of ether oxygens (including phenoxy) is 1. The molecule has 0 atom stereocenters. The predicted molar refractivity (Wildman–Crippen MR) is 111 cm³/mol. The summed E-state index contributed by atoms with van der Waals surface area (Å²) < 4.78 is 35.3. The summed E-state index contributed by atoms with van der Waals surface area (Å²) in [6, 6.07) is 14.5. The number of nitrogens with zero attached hydrogens (tertiary/aromatic N) is 2. The molecule has 144 valence electrons. The van der Waals surface area contributed by atoms with Crippen LogP contribution in [-0.2, 0) is 17.1 Å². The highest BCUT2D eigenvalue weighted by Gasteiger charge is 2.22. The molecule has 4 aromatic rings.